The Hall–Kier alpha value is -1.07. The first-order valence-electron chi connectivity index (χ1n) is 6.82. The number of aliphatic hydroxyl groups is 1. The van der Waals surface area contributed by atoms with Crippen molar-refractivity contribution in [2.24, 2.45) is 0 Å². The van der Waals surface area contributed by atoms with E-state index in [9.17, 15) is 18.3 Å². The van der Waals surface area contributed by atoms with Gasteiger partial charge in [0.1, 0.15) is 0 Å². The highest BCUT2D eigenvalue weighted by atomic mass is 19.4. The molecule has 1 aromatic rings. The molecule has 1 aromatic carbocycles. The molecule has 0 radical (unpaired) electrons. The van der Waals surface area contributed by atoms with Crippen molar-refractivity contribution < 1.29 is 18.3 Å². The zero-order valence-corrected chi connectivity index (χ0v) is 12.1. The molecule has 0 aliphatic carbocycles. The molecule has 2 N–H and O–H groups in total. The number of halogens is 3. The fourth-order valence-corrected chi connectivity index (χ4v) is 1.86. The Balaban J connectivity index is 2.67. The third-order valence-electron chi connectivity index (χ3n) is 3.91. The topological polar surface area (TPSA) is 32.3 Å². The minimum absolute atomic E-state index is 0.0626. The molecule has 0 aromatic heterocycles. The van der Waals surface area contributed by atoms with Gasteiger partial charge in [-0.25, -0.2) is 0 Å². The van der Waals surface area contributed by atoms with Crippen LogP contribution in [-0.2, 0) is 6.18 Å². The number of hydrogen-bond acceptors (Lipinski definition) is 2. The van der Waals surface area contributed by atoms with Crippen LogP contribution in [0, 0.1) is 0 Å². The van der Waals surface area contributed by atoms with Gasteiger partial charge in [-0.3, -0.25) is 0 Å². The summed E-state index contributed by atoms with van der Waals surface area (Å²) < 4.78 is 37.3. The average Bonchev–Trinajstić information content (AvgIpc) is 2.43. The third kappa shape index (κ3) is 4.49. The first kappa shape index (κ1) is 17.0. The Bertz CT molecular complexity index is 410. The molecule has 114 valence electrons. The molecule has 0 aliphatic rings. The van der Waals surface area contributed by atoms with E-state index in [-0.39, 0.29) is 5.54 Å². The predicted molar refractivity (Wildman–Crippen MR) is 73.4 cm³/mol. The van der Waals surface area contributed by atoms with E-state index in [1.54, 1.807) is 0 Å². The minimum Gasteiger partial charge on any atom is -0.387 e. The summed E-state index contributed by atoms with van der Waals surface area (Å²) >= 11 is 0. The van der Waals surface area contributed by atoms with Gasteiger partial charge in [0, 0.05) is 12.1 Å². The van der Waals surface area contributed by atoms with E-state index in [2.05, 4.69) is 26.1 Å². The summed E-state index contributed by atoms with van der Waals surface area (Å²) in [6.45, 7) is 6.50. The highest BCUT2D eigenvalue weighted by Gasteiger charge is 2.30. The summed E-state index contributed by atoms with van der Waals surface area (Å²) in [6, 6.07) is 4.64. The summed E-state index contributed by atoms with van der Waals surface area (Å²) in [7, 11) is 0. The Kier molecular flexibility index (Phi) is 5.59. The number of aliphatic hydroxyl groups excluding tert-OH is 1. The Labute approximate surface area is 118 Å². The monoisotopic (exact) mass is 289 g/mol. The molecule has 5 heteroatoms. The molecule has 0 spiro atoms. The van der Waals surface area contributed by atoms with Crippen LogP contribution in [0.15, 0.2) is 24.3 Å². The minimum atomic E-state index is -4.34. The largest absolute Gasteiger partial charge is 0.416 e. The number of nitrogens with one attached hydrogen (secondary N) is 1. The first-order valence-corrected chi connectivity index (χ1v) is 6.82. The van der Waals surface area contributed by atoms with Gasteiger partial charge in [-0.15, -0.1) is 0 Å². The number of rotatable bonds is 6. The van der Waals surface area contributed by atoms with Crippen molar-refractivity contribution in [3.05, 3.63) is 35.4 Å². The molecular weight excluding hydrogens is 267 g/mol. The van der Waals surface area contributed by atoms with Crippen molar-refractivity contribution in [3.8, 4) is 0 Å². The number of hydrogen-bond donors (Lipinski definition) is 2. The first-order chi connectivity index (χ1) is 9.22. The Morgan fingerprint density at radius 2 is 1.60 bits per heavy atom. The van der Waals surface area contributed by atoms with Crippen molar-refractivity contribution >= 4 is 0 Å². The molecule has 20 heavy (non-hydrogen) atoms. The molecule has 0 saturated carbocycles. The van der Waals surface area contributed by atoms with E-state index < -0.39 is 17.8 Å². The summed E-state index contributed by atoms with van der Waals surface area (Å²) in [4.78, 5) is 0. The van der Waals surface area contributed by atoms with Crippen molar-refractivity contribution in [1.29, 1.82) is 0 Å². The van der Waals surface area contributed by atoms with Crippen LogP contribution in [0.5, 0.6) is 0 Å². The van der Waals surface area contributed by atoms with Gasteiger partial charge in [0.25, 0.3) is 0 Å². The van der Waals surface area contributed by atoms with Crippen molar-refractivity contribution in [3.63, 3.8) is 0 Å². The molecule has 0 heterocycles. The smallest absolute Gasteiger partial charge is 0.387 e. The maximum Gasteiger partial charge on any atom is 0.416 e. The van der Waals surface area contributed by atoms with Crippen LogP contribution >= 0.6 is 0 Å². The van der Waals surface area contributed by atoms with Gasteiger partial charge in [0.05, 0.1) is 11.7 Å². The average molecular weight is 289 g/mol. The van der Waals surface area contributed by atoms with Gasteiger partial charge >= 0.3 is 6.18 Å². The zero-order valence-electron chi connectivity index (χ0n) is 12.1. The van der Waals surface area contributed by atoms with Gasteiger partial charge in [0.15, 0.2) is 0 Å². The predicted octanol–water partition coefficient (Wildman–Crippen LogP) is 3.91. The molecule has 1 unspecified atom stereocenters. The lowest BCUT2D eigenvalue weighted by Gasteiger charge is -2.29. The summed E-state index contributed by atoms with van der Waals surface area (Å²) in [5.74, 6) is 0. The van der Waals surface area contributed by atoms with E-state index in [1.807, 2.05) is 0 Å². The van der Waals surface area contributed by atoms with Crippen LogP contribution in [0.3, 0.4) is 0 Å². The van der Waals surface area contributed by atoms with Crippen molar-refractivity contribution in [1.82, 2.24) is 5.32 Å². The normalized spacial score (nSPS) is 14.3. The number of β-amino-alcohol motifs (C(OH)–C–C–N with tert-alkyl or cyclic N) is 1. The maximum atomic E-state index is 12.4. The molecule has 2 nitrogen and oxygen atoms in total. The van der Waals surface area contributed by atoms with Crippen LogP contribution in [0.1, 0.15) is 50.8 Å². The number of benzene rings is 1. The highest BCUT2D eigenvalue weighted by molar-refractivity contribution is 5.26. The zero-order chi connectivity index (χ0) is 15.4. The fourth-order valence-electron chi connectivity index (χ4n) is 1.86. The van der Waals surface area contributed by atoms with Crippen molar-refractivity contribution in [2.75, 3.05) is 6.54 Å². The second-order valence-electron chi connectivity index (χ2n) is 5.28. The molecule has 1 atom stereocenters. The number of alkyl halides is 3. The molecule has 0 aliphatic heterocycles. The molecule has 0 amide bonds. The Morgan fingerprint density at radius 1 is 1.10 bits per heavy atom. The SMILES string of the molecule is CCC(C)(CC)NCC(O)c1ccc(C(F)(F)F)cc1. The molecule has 0 fully saturated rings. The van der Waals surface area contributed by atoms with Gasteiger partial charge in [-0.1, -0.05) is 26.0 Å². The second-order valence-corrected chi connectivity index (χ2v) is 5.28. The van der Waals surface area contributed by atoms with Crippen LogP contribution in [0.2, 0.25) is 0 Å². The second kappa shape index (κ2) is 6.59. The lowest BCUT2D eigenvalue weighted by atomic mass is 9.95. The van der Waals surface area contributed by atoms with Crippen LogP contribution in [0.4, 0.5) is 13.2 Å². The maximum absolute atomic E-state index is 12.4. The van der Waals surface area contributed by atoms with E-state index in [0.717, 1.165) is 25.0 Å². The highest BCUT2D eigenvalue weighted by Crippen LogP contribution is 2.30. The van der Waals surface area contributed by atoms with Gasteiger partial charge in [0.2, 0.25) is 0 Å². The standard InChI is InChI=1S/C15H22F3NO/c1-4-14(3,5-2)19-10-13(20)11-6-8-12(9-7-11)15(16,17)18/h6-9,13,19-20H,4-5,10H2,1-3H3. The Morgan fingerprint density at radius 3 is 2.00 bits per heavy atom. The van der Waals surface area contributed by atoms with E-state index in [1.165, 1.54) is 12.1 Å². The molecule has 0 bridgehead atoms. The van der Waals surface area contributed by atoms with Gasteiger partial charge < -0.3 is 10.4 Å². The van der Waals surface area contributed by atoms with Crippen LogP contribution in [0.25, 0.3) is 0 Å². The fraction of sp³-hybridized carbons (Fsp3) is 0.600. The van der Waals surface area contributed by atoms with Crippen LogP contribution < -0.4 is 5.32 Å². The van der Waals surface area contributed by atoms with Gasteiger partial charge in [-0.05, 0) is 37.5 Å². The summed E-state index contributed by atoms with van der Waals surface area (Å²) in [6.07, 6.45) is -3.31. The molecular formula is C15H22F3NO. The van der Waals surface area contributed by atoms with E-state index in [4.69, 9.17) is 0 Å². The van der Waals surface area contributed by atoms with Crippen molar-refractivity contribution in [2.45, 2.75) is 51.4 Å². The quantitative estimate of drug-likeness (QED) is 0.832. The molecule has 0 saturated heterocycles. The molecule has 1 rings (SSSR count). The third-order valence-corrected chi connectivity index (χ3v) is 3.91. The lowest BCUT2D eigenvalue weighted by Crippen LogP contribution is -2.43. The van der Waals surface area contributed by atoms with Gasteiger partial charge in [-0.2, -0.15) is 13.2 Å². The van der Waals surface area contributed by atoms with Crippen LogP contribution in [-0.4, -0.2) is 17.2 Å². The summed E-state index contributed by atoms with van der Waals surface area (Å²) in [5.41, 5.74) is -0.277. The summed E-state index contributed by atoms with van der Waals surface area (Å²) in [5, 5.41) is 13.3. The van der Waals surface area contributed by atoms with E-state index in [0.29, 0.717) is 12.1 Å². The van der Waals surface area contributed by atoms with E-state index >= 15 is 0 Å². The lowest BCUT2D eigenvalue weighted by molar-refractivity contribution is -0.137.